The quantitative estimate of drug-likeness (QED) is 0.673. The Morgan fingerprint density at radius 2 is 1.83 bits per heavy atom. The first kappa shape index (κ1) is 22.0. The van der Waals surface area contributed by atoms with Gasteiger partial charge in [-0.3, -0.25) is 4.79 Å². The van der Waals surface area contributed by atoms with Crippen LogP contribution in [-0.4, -0.2) is 51.8 Å². The third kappa shape index (κ3) is 5.45. The molecule has 1 N–H and O–H groups in total. The van der Waals surface area contributed by atoms with Crippen molar-refractivity contribution in [3.8, 4) is 17.2 Å². The second kappa shape index (κ2) is 10.3. The molecule has 0 spiro atoms. The van der Waals surface area contributed by atoms with Crippen molar-refractivity contribution in [2.75, 3.05) is 34.9 Å². The Morgan fingerprint density at radius 3 is 2.50 bits per heavy atom. The summed E-state index contributed by atoms with van der Waals surface area (Å²) in [5.74, 6) is 1.94. The number of likely N-dealkylation sites (N-methyl/N-ethyl adjacent to an activating group) is 1. The zero-order valence-electron chi connectivity index (χ0n) is 18.3. The van der Waals surface area contributed by atoms with Crippen LogP contribution in [-0.2, 0) is 0 Å². The number of methoxy groups -OCH3 is 2. The largest absolute Gasteiger partial charge is 0.497 e. The van der Waals surface area contributed by atoms with Crippen molar-refractivity contribution in [1.29, 1.82) is 0 Å². The molecule has 1 saturated carbocycles. The summed E-state index contributed by atoms with van der Waals surface area (Å²) < 4.78 is 16.9. The van der Waals surface area contributed by atoms with Crippen LogP contribution in [0.1, 0.15) is 47.6 Å². The fourth-order valence-corrected chi connectivity index (χ4v) is 3.83. The Labute approximate surface area is 179 Å². The zero-order valence-corrected chi connectivity index (χ0v) is 18.3. The Balaban J connectivity index is 1.67. The molecule has 6 nitrogen and oxygen atoms in total. The summed E-state index contributed by atoms with van der Waals surface area (Å²) in [6.45, 7) is 0.474. The maximum absolute atomic E-state index is 12.8. The predicted molar refractivity (Wildman–Crippen MR) is 118 cm³/mol. The van der Waals surface area contributed by atoms with E-state index in [-0.39, 0.29) is 18.1 Å². The van der Waals surface area contributed by atoms with E-state index in [1.807, 2.05) is 44.4 Å². The Morgan fingerprint density at radius 1 is 1.07 bits per heavy atom. The fraction of sp³-hybridized carbons (Fsp3) is 0.458. The fourth-order valence-electron chi connectivity index (χ4n) is 3.83. The Hall–Kier alpha value is -2.73. The van der Waals surface area contributed by atoms with Crippen molar-refractivity contribution >= 4 is 5.91 Å². The molecular formula is C24H32N2O4. The van der Waals surface area contributed by atoms with Crippen LogP contribution in [0.4, 0.5) is 0 Å². The van der Waals surface area contributed by atoms with E-state index in [0.717, 1.165) is 24.2 Å². The number of carbonyl (C=O) groups is 1. The van der Waals surface area contributed by atoms with Gasteiger partial charge in [0.2, 0.25) is 0 Å². The van der Waals surface area contributed by atoms with E-state index in [9.17, 15) is 4.79 Å². The SMILES string of the molecule is COc1cccc(C(CNC(=O)c2ccc(OC3CCCC3)c(OC)c2)N(C)C)c1. The van der Waals surface area contributed by atoms with Crippen molar-refractivity contribution in [3.63, 3.8) is 0 Å². The Kier molecular flexibility index (Phi) is 7.57. The lowest BCUT2D eigenvalue weighted by atomic mass is 10.1. The first-order chi connectivity index (χ1) is 14.5. The maximum Gasteiger partial charge on any atom is 0.251 e. The van der Waals surface area contributed by atoms with Gasteiger partial charge in [0.1, 0.15) is 5.75 Å². The number of carbonyl (C=O) groups excluding carboxylic acids is 1. The van der Waals surface area contributed by atoms with Gasteiger partial charge in [-0.2, -0.15) is 0 Å². The minimum Gasteiger partial charge on any atom is -0.497 e. The number of amides is 1. The molecule has 1 aliphatic rings. The van der Waals surface area contributed by atoms with Gasteiger partial charge in [-0.05, 0) is 75.7 Å². The molecule has 1 atom stereocenters. The summed E-state index contributed by atoms with van der Waals surface area (Å²) in [7, 11) is 7.24. The van der Waals surface area contributed by atoms with Crippen molar-refractivity contribution < 1.29 is 19.0 Å². The summed E-state index contributed by atoms with van der Waals surface area (Å²) in [4.78, 5) is 14.9. The average molecular weight is 413 g/mol. The highest BCUT2D eigenvalue weighted by Gasteiger charge is 2.20. The van der Waals surface area contributed by atoms with E-state index in [0.29, 0.717) is 23.6 Å². The van der Waals surface area contributed by atoms with Crippen LogP contribution in [0.15, 0.2) is 42.5 Å². The molecule has 1 fully saturated rings. The van der Waals surface area contributed by atoms with E-state index >= 15 is 0 Å². The lowest BCUT2D eigenvalue weighted by Gasteiger charge is -2.25. The smallest absolute Gasteiger partial charge is 0.251 e. The zero-order chi connectivity index (χ0) is 21.5. The number of hydrogen-bond donors (Lipinski definition) is 1. The van der Waals surface area contributed by atoms with Crippen LogP contribution in [0.3, 0.4) is 0 Å². The van der Waals surface area contributed by atoms with Gasteiger partial charge in [0, 0.05) is 12.1 Å². The van der Waals surface area contributed by atoms with Gasteiger partial charge >= 0.3 is 0 Å². The van der Waals surface area contributed by atoms with E-state index in [2.05, 4.69) is 10.2 Å². The van der Waals surface area contributed by atoms with Gasteiger partial charge in [-0.25, -0.2) is 0 Å². The first-order valence-electron chi connectivity index (χ1n) is 10.4. The monoisotopic (exact) mass is 412 g/mol. The lowest BCUT2D eigenvalue weighted by Crippen LogP contribution is -2.34. The second-order valence-corrected chi connectivity index (χ2v) is 7.86. The maximum atomic E-state index is 12.8. The van der Waals surface area contributed by atoms with Gasteiger partial charge in [-0.1, -0.05) is 12.1 Å². The van der Waals surface area contributed by atoms with Gasteiger partial charge in [-0.15, -0.1) is 0 Å². The number of nitrogens with zero attached hydrogens (tertiary/aromatic N) is 1. The Bertz CT molecular complexity index is 847. The number of nitrogens with one attached hydrogen (secondary N) is 1. The van der Waals surface area contributed by atoms with Gasteiger partial charge in [0.05, 0.1) is 26.4 Å². The molecule has 1 aliphatic carbocycles. The van der Waals surface area contributed by atoms with Crippen LogP contribution in [0.2, 0.25) is 0 Å². The van der Waals surface area contributed by atoms with Crippen LogP contribution in [0.5, 0.6) is 17.2 Å². The summed E-state index contributed by atoms with van der Waals surface area (Å²) in [6.07, 6.45) is 4.78. The third-order valence-electron chi connectivity index (χ3n) is 5.58. The van der Waals surface area contributed by atoms with E-state index in [1.165, 1.54) is 12.8 Å². The lowest BCUT2D eigenvalue weighted by molar-refractivity contribution is 0.0941. The highest BCUT2D eigenvalue weighted by molar-refractivity contribution is 5.94. The third-order valence-corrected chi connectivity index (χ3v) is 5.58. The minimum atomic E-state index is -0.143. The summed E-state index contributed by atoms with van der Waals surface area (Å²) in [5.41, 5.74) is 1.63. The molecule has 30 heavy (non-hydrogen) atoms. The van der Waals surface area contributed by atoms with Crippen molar-refractivity contribution in [3.05, 3.63) is 53.6 Å². The average Bonchev–Trinajstić information content (AvgIpc) is 3.27. The molecule has 2 aromatic carbocycles. The number of hydrogen-bond acceptors (Lipinski definition) is 5. The number of benzene rings is 2. The predicted octanol–water partition coefficient (Wildman–Crippen LogP) is 4.06. The normalized spacial score (nSPS) is 15.1. The minimum absolute atomic E-state index is 0.0240. The molecule has 1 amide bonds. The van der Waals surface area contributed by atoms with Crippen molar-refractivity contribution in [1.82, 2.24) is 10.2 Å². The molecular weight excluding hydrogens is 380 g/mol. The summed E-state index contributed by atoms with van der Waals surface area (Å²) in [5, 5.41) is 3.04. The second-order valence-electron chi connectivity index (χ2n) is 7.86. The molecule has 0 aliphatic heterocycles. The van der Waals surface area contributed by atoms with Crippen LogP contribution in [0, 0.1) is 0 Å². The van der Waals surface area contributed by atoms with Gasteiger partial charge in [0.15, 0.2) is 11.5 Å². The number of rotatable bonds is 9. The highest BCUT2D eigenvalue weighted by Crippen LogP contribution is 2.32. The van der Waals surface area contributed by atoms with E-state index < -0.39 is 0 Å². The topological polar surface area (TPSA) is 60.0 Å². The van der Waals surface area contributed by atoms with Gasteiger partial charge in [0.25, 0.3) is 5.91 Å². The standard InChI is InChI=1S/C24H32N2O4/c1-26(2)21(17-8-7-11-20(14-17)28-3)16-25-24(27)18-12-13-22(23(15-18)29-4)30-19-9-5-6-10-19/h7-8,11-15,19,21H,5-6,9-10,16H2,1-4H3,(H,25,27). The molecule has 3 rings (SSSR count). The molecule has 1 unspecified atom stereocenters. The summed E-state index contributed by atoms with van der Waals surface area (Å²) in [6, 6.07) is 13.3. The van der Waals surface area contributed by atoms with E-state index in [4.69, 9.17) is 14.2 Å². The molecule has 0 aromatic heterocycles. The van der Waals surface area contributed by atoms with Crippen molar-refractivity contribution in [2.45, 2.75) is 37.8 Å². The molecule has 2 aromatic rings. The van der Waals surface area contributed by atoms with E-state index in [1.54, 1.807) is 26.4 Å². The number of ether oxygens (including phenoxy) is 3. The molecule has 6 heteroatoms. The summed E-state index contributed by atoms with van der Waals surface area (Å²) >= 11 is 0. The highest BCUT2D eigenvalue weighted by atomic mass is 16.5. The molecule has 0 bridgehead atoms. The van der Waals surface area contributed by atoms with Crippen LogP contribution < -0.4 is 19.5 Å². The molecule has 0 saturated heterocycles. The molecule has 162 valence electrons. The molecule has 0 heterocycles. The first-order valence-corrected chi connectivity index (χ1v) is 10.4. The van der Waals surface area contributed by atoms with Crippen LogP contribution >= 0.6 is 0 Å². The van der Waals surface area contributed by atoms with Gasteiger partial charge < -0.3 is 24.4 Å². The molecule has 0 radical (unpaired) electrons. The van der Waals surface area contributed by atoms with Crippen LogP contribution in [0.25, 0.3) is 0 Å². The van der Waals surface area contributed by atoms with Crippen molar-refractivity contribution in [2.24, 2.45) is 0 Å².